The molecule has 1 aliphatic heterocycles. The summed E-state index contributed by atoms with van der Waals surface area (Å²) in [7, 11) is 0. The number of ether oxygens (including phenoxy) is 1. The quantitative estimate of drug-likeness (QED) is 0.402. The highest BCUT2D eigenvalue weighted by atomic mass is 16.5. The van der Waals surface area contributed by atoms with Gasteiger partial charge in [0, 0.05) is 17.7 Å². The average Bonchev–Trinajstić information content (AvgIpc) is 3.35. The molecule has 3 aromatic rings. The first-order valence-corrected chi connectivity index (χ1v) is 11.6. The van der Waals surface area contributed by atoms with Gasteiger partial charge in [0.1, 0.15) is 22.9 Å². The topological polar surface area (TPSA) is 78.5 Å². The van der Waals surface area contributed by atoms with Crippen LogP contribution >= 0.6 is 0 Å². The highest BCUT2D eigenvalue weighted by Crippen LogP contribution is 2.44. The normalized spacial score (nSPS) is 15.2. The highest BCUT2D eigenvalue weighted by Gasteiger charge is 2.42. The SMILES string of the molecule is CCCCCOc1ccc([C@H]2c3c(-c4ccccc4O)n[nH]c3C(=O)N2CCCC)cc1. The molecule has 1 atom stereocenters. The van der Waals surface area contributed by atoms with Gasteiger partial charge in [-0.3, -0.25) is 9.89 Å². The van der Waals surface area contributed by atoms with Crippen LogP contribution in [0.5, 0.6) is 11.5 Å². The van der Waals surface area contributed by atoms with Crippen LogP contribution in [0.25, 0.3) is 11.3 Å². The van der Waals surface area contributed by atoms with Crippen LogP contribution in [-0.4, -0.2) is 39.3 Å². The molecule has 2 aromatic carbocycles. The number of aromatic nitrogens is 2. The molecule has 2 N–H and O–H groups in total. The maximum Gasteiger partial charge on any atom is 0.273 e. The monoisotopic (exact) mass is 433 g/mol. The van der Waals surface area contributed by atoms with E-state index in [0.717, 1.165) is 49.0 Å². The van der Waals surface area contributed by atoms with Gasteiger partial charge in [-0.2, -0.15) is 5.10 Å². The molecule has 6 heteroatoms. The number of carbonyl (C=O) groups excluding carboxylic acids is 1. The lowest BCUT2D eigenvalue weighted by atomic mass is 9.95. The number of para-hydroxylation sites is 1. The van der Waals surface area contributed by atoms with Crippen molar-refractivity contribution >= 4 is 5.91 Å². The van der Waals surface area contributed by atoms with Crippen LogP contribution in [0.1, 0.15) is 73.6 Å². The van der Waals surface area contributed by atoms with Crippen molar-refractivity contribution in [1.82, 2.24) is 15.1 Å². The van der Waals surface area contributed by atoms with Crippen LogP contribution in [-0.2, 0) is 0 Å². The van der Waals surface area contributed by atoms with Gasteiger partial charge in [0.2, 0.25) is 0 Å². The fourth-order valence-corrected chi connectivity index (χ4v) is 4.27. The van der Waals surface area contributed by atoms with Gasteiger partial charge in [0.15, 0.2) is 0 Å². The van der Waals surface area contributed by atoms with E-state index in [2.05, 4.69) is 24.0 Å². The number of nitrogens with zero attached hydrogens (tertiary/aromatic N) is 2. The largest absolute Gasteiger partial charge is 0.507 e. The summed E-state index contributed by atoms with van der Waals surface area (Å²) in [5.41, 5.74) is 3.58. The third-order valence-electron chi connectivity index (χ3n) is 5.99. The number of carbonyl (C=O) groups is 1. The number of phenols is 1. The van der Waals surface area contributed by atoms with Crippen molar-refractivity contribution in [3.63, 3.8) is 0 Å². The number of aromatic hydroxyl groups is 1. The molecule has 1 amide bonds. The van der Waals surface area contributed by atoms with Crippen molar-refractivity contribution in [2.45, 2.75) is 52.0 Å². The van der Waals surface area contributed by atoms with E-state index >= 15 is 0 Å². The lowest BCUT2D eigenvalue weighted by molar-refractivity contribution is 0.0741. The van der Waals surface area contributed by atoms with E-state index in [4.69, 9.17) is 4.74 Å². The number of aromatic amines is 1. The second-order valence-corrected chi connectivity index (χ2v) is 8.26. The number of hydrogen-bond donors (Lipinski definition) is 2. The molecule has 2 heterocycles. The number of unbranched alkanes of at least 4 members (excludes halogenated alkanes) is 3. The minimum Gasteiger partial charge on any atom is -0.507 e. The summed E-state index contributed by atoms with van der Waals surface area (Å²) in [5, 5.41) is 17.8. The number of rotatable bonds is 10. The summed E-state index contributed by atoms with van der Waals surface area (Å²) in [6.07, 6.45) is 5.29. The van der Waals surface area contributed by atoms with E-state index in [1.807, 2.05) is 41.3 Å². The third-order valence-corrected chi connectivity index (χ3v) is 5.99. The van der Waals surface area contributed by atoms with Crippen molar-refractivity contribution in [1.29, 1.82) is 0 Å². The molecule has 6 nitrogen and oxygen atoms in total. The molecule has 32 heavy (non-hydrogen) atoms. The first-order valence-electron chi connectivity index (χ1n) is 11.6. The minimum atomic E-state index is -0.258. The van der Waals surface area contributed by atoms with Crippen molar-refractivity contribution in [3.8, 4) is 22.8 Å². The van der Waals surface area contributed by atoms with Gasteiger partial charge < -0.3 is 14.7 Å². The second-order valence-electron chi connectivity index (χ2n) is 8.26. The number of phenolic OH excluding ortho intramolecular Hbond substituents is 1. The molecule has 0 bridgehead atoms. The second kappa shape index (κ2) is 9.90. The molecule has 0 saturated carbocycles. The Labute approximate surface area is 189 Å². The Bertz CT molecular complexity index is 1060. The molecule has 0 spiro atoms. The molecular weight excluding hydrogens is 402 g/mol. The van der Waals surface area contributed by atoms with Crippen LogP contribution < -0.4 is 4.74 Å². The van der Waals surface area contributed by atoms with Gasteiger partial charge in [-0.15, -0.1) is 0 Å². The van der Waals surface area contributed by atoms with Gasteiger partial charge in [-0.1, -0.05) is 57.4 Å². The van der Waals surface area contributed by atoms with E-state index in [-0.39, 0.29) is 17.7 Å². The van der Waals surface area contributed by atoms with E-state index < -0.39 is 0 Å². The zero-order chi connectivity index (χ0) is 22.5. The first kappa shape index (κ1) is 21.9. The van der Waals surface area contributed by atoms with Gasteiger partial charge in [0.05, 0.1) is 12.6 Å². The first-order chi connectivity index (χ1) is 15.7. The van der Waals surface area contributed by atoms with E-state index in [0.29, 0.717) is 30.1 Å². The predicted molar refractivity (Wildman–Crippen MR) is 125 cm³/mol. The van der Waals surface area contributed by atoms with Crippen LogP contribution in [0, 0.1) is 0 Å². The lowest BCUT2D eigenvalue weighted by Crippen LogP contribution is -2.30. The van der Waals surface area contributed by atoms with Gasteiger partial charge in [-0.25, -0.2) is 0 Å². The van der Waals surface area contributed by atoms with E-state index in [1.54, 1.807) is 12.1 Å². The molecule has 0 saturated heterocycles. The van der Waals surface area contributed by atoms with Crippen LogP contribution in [0.15, 0.2) is 48.5 Å². The highest BCUT2D eigenvalue weighted by molar-refractivity contribution is 6.00. The van der Waals surface area contributed by atoms with Gasteiger partial charge in [-0.05, 0) is 42.7 Å². The number of hydrogen-bond acceptors (Lipinski definition) is 4. The van der Waals surface area contributed by atoms with E-state index in [9.17, 15) is 9.90 Å². The summed E-state index contributed by atoms with van der Waals surface area (Å²) >= 11 is 0. The van der Waals surface area contributed by atoms with Gasteiger partial charge >= 0.3 is 0 Å². The maximum atomic E-state index is 13.3. The Morgan fingerprint density at radius 1 is 1.03 bits per heavy atom. The molecule has 0 unspecified atom stereocenters. The molecule has 0 aliphatic carbocycles. The Balaban J connectivity index is 1.69. The van der Waals surface area contributed by atoms with Crippen molar-refractivity contribution in [3.05, 3.63) is 65.4 Å². The Morgan fingerprint density at radius 2 is 1.78 bits per heavy atom. The Hall–Kier alpha value is -3.28. The number of H-pyrrole nitrogens is 1. The van der Waals surface area contributed by atoms with Crippen molar-refractivity contribution in [2.75, 3.05) is 13.2 Å². The van der Waals surface area contributed by atoms with E-state index in [1.165, 1.54) is 0 Å². The Morgan fingerprint density at radius 3 is 2.50 bits per heavy atom. The lowest BCUT2D eigenvalue weighted by Gasteiger charge is -2.26. The number of fused-ring (bicyclic) bond motifs is 1. The maximum absolute atomic E-state index is 13.3. The van der Waals surface area contributed by atoms with Crippen LogP contribution in [0.3, 0.4) is 0 Å². The van der Waals surface area contributed by atoms with Crippen molar-refractivity contribution < 1.29 is 14.6 Å². The number of amides is 1. The predicted octanol–water partition coefficient (Wildman–Crippen LogP) is 5.70. The van der Waals surface area contributed by atoms with Gasteiger partial charge in [0.25, 0.3) is 5.91 Å². The standard InChI is InChI=1S/C26H31N3O3/c1-3-5-9-17-32-19-14-12-18(13-15-19)25-22-23(20-10-7-8-11-21(20)30)27-28-24(22)26(31)29(25)16-6-4-2/h7-8,10-15,25,30H,3-6,9,16-17H2,1-2H3,(H,27,28)/t25-/m0/s1. The smallest absolute Gasteiger partial charge is 0.273 e. The summed E-state index contributed by atoms with van der Waals surface area (Å²) in [4.78, 5) is 15.2. The minimum absolute atomic E-state index is 0.0486. The Kier molecular flexibility index (Phi) is 6.78. The molecule has 1 aromatic heterocycles. The summed E-state index contributed by atoms with van der Waals surface area (Å²) in [5.74, 6) is 0.936. The number of nitrogens with one attached hydrogen (secondary N) is 1. The summed E-state index contributed by atoms with van der Waals surface area (Å²) in [6.45, 7) is 5.67. The molecule has 0 fully saturated rings. The molecular formula is C26H31N3O3. The zero-order valence-corrected chi connectivity index (χ0v) is 18.8. The molecule has 4 rings (SSSR count). The third kappa shape index (κ3) is 4.22. The fourth-order valence-electron chi connectivity index (χ4n) is 4.27. The number of benzene rings is 2. The fraction of sp³-hybridized carbons (Fsp3) is 0.385. The summed E-state index contributed by atoms with van der Waals surface area (Å²) < 4.78 is 5.87. The van der Waals surface area contributed by atoms with Crippen LogP contribution in [0.4, 0.5) is 0 Å². The molecule has 168 valence electrons. The average molecular weight is 434 g/mol. The molecule has 1 aliphatic rings. The van der Waals surface area contributed by atoms with Crippen molar-refractivity contribution in [2.24, 2.45) is 0 Å². The zero-order valence-electron chi connectivity index (χ0n) is 18.8. The molecule has 0 radical (unpaired) electrons. The summed E-state index contributed by atoms with van der Waals surface area (Å²) in [6, 6.07) is 14.9. The van der Waals surface area contributed by atoms with Crippen LogP contribution in [0.2, 0.25) is 0 Å².